The Labute approximate surface area is 173 Å². The van der Waals surface area contributed by atoms with E-state index < -0.39 is 34.5 Å². The number of amides is 1. The van der Waals surface area contributed by atoms with Crippen molar-refractivity contribution in [3.05, 3.63) is 81.6 Å². The molecule has 156 valence electrons. The Morgan fingerprint density at radius 3 is 1.93 bits per heavy atom. The molecule has 3 rings (SSSR count). The molecule has 30 heavy (non-hydrogen) atoms. The number of para-hydroxylation sites is 2. The predicted octanol–water partition coefficient (Wildman–Crippen LogP) is 2.13. The lowest BCUT2D eigenvalue weighted by atomic mass is 9.86. The number of aromatic nitrogens is 3. The molecule has 2 aromatic carbocycles. The number of nitrogens with zero attached hydrogens (tertiary/aromatic N) is 3. The largest absolute Gasteiger partial charge is 0.353 e. The second kappa shape index (κ2) is 7.98. The number of nitrogens with one attached hydrogen (secondary N) is 1. The maximum Gasteiger partial charge on any atom is 0.353 e. The molecule has 0 bridgehead atoms. The van der Waals surface area contributed by atoms with Gasteiger partial charge in [-0.3, -0.25) is 9.59 Å². The van der Waals surface area contributed by atoms with Crippen LogP contribution in [0, 0.1) is 5.41 Å². The normalized spacial score (nSPS) is 12.4. The Bertz CT molecular complexity index is 1180. The summed E-state index contributed by atoms with van der Waals surface area (Å²) in [5.41, 5.74) is -1.57. The number of carbonyl (C=O) groups excluding carboxylic acids is 2. The molecule has 8 heteroatoms. The van der Waals surface area contributed by atoms with Crippen LogP contribution in [0.25, 0.3) is 5.69 Å². The molecule has 8 nitrogen and oxygen atoms in total. The second-order valence-corrected chi connectivity index (χ2v) is 7.98. The minimum atomic E-state index is -1.61. The number of hydrogen-bond acceptors (Lipinski definition) is 4. The summed E-state index contributed by atoms with van der Waals surface area (Å²) in [4.78, 5) is 52.5. The molecule has 0 aliphatic rings. The molecule has 0 fully saturated rings. The van der Waals surface area contributed by atoms with E-state index in [1.807, 2.05) is 0 Å². The van der Waals surface area contributed by atoms with Gasteiger partial charge in [-0.25, -0.2) is 18.8 Å². The lowest BCUT2D eigenvalue weighted by Crippen LogP contribution is -2.46. The molecular formula is C22H24N4O4. The number of rotatable bonds is 5. The van der Waals surface area contributed by atoms with Crippen molar-refractivity contribution >= 4 is 17.4 Å². The maximum atomic E-state index is 13.2. The molecule has 0 radical (unpaired) electrons. The fraction of sp³-hybridized carbons (Fsp3) is 0.273. The Morgan fingerprint density at radius 2 is 1.40 bits per heavy atom. The van der Waals surface area contributed by atoms with Crippen LogP contribution < -0.4 is 16.7 Å². The van der Waals surface area contributed by atoms with E-state index in [1.165, 1.54) is 7.05 Å². The van der Waals surface area contributed by atoms with Gasteiger partial charge >= 0.3 is 11.4 Å². The van der Waals surface area contributed by atoms with Gasteiger partial charge in [0.25, 0.3) is 5.91 Å². The van der Waals surface area contributed by atoms with Crippen LogP contribution >= 0.6 is 0 Å². The van der Waals surface area contributed by atoms with Crippen molar-refractivity contribution in [1.82, 2.24) is 13.9 Å². The fourth-order valence-electron chi connectivity index (χ4n) is 3.12. The molecule has 1 N–H and O–H groups in total. The molecule has 0 aliphatic carbocycles. The summed E-state index contributed by atoms with van der Waals surface area (Å²) in [6, 6.07) is 15.5. The zero-order chi connectivity index (χ0) is 22.1. The summed E-state index contributed by atoms with van der Waals surface area (Å²) in [7, 11) is 1.42. The van der Waals surface area contributed by atoms with Crippen molar-refractivity contribution in [3.8, 4) is 5.69 Å². The number of hydrogen-bond donors (Lipinski definition) is 1. The van der Waals surface area contributed by atoms with Crippen LogP contribution in [0.5, 0.6) is 0 Å². The maximum absolute atomic E-state index is 13.2. The van der Waals surface area contributed by atoms with Crippen molar-refractivity contribution in [2.75, 3.05) is 5.32 Å². The van der Waals surface area contributed by atoms with Crippen molar-refractivity contribution < 1.29 is 9.59 Å². The third-order valence-corrected chi connectivity index (χ3v) is 4.71. The van der Waals surface area contributed by atoms with E-state index in [4.69, 9.17) is 0 Å². The summed E-state index contributed by atoms with van der Waals surface area (Å²) < 4.78 is 2.95. The van der Waals surface area contributed by atoms with Crippen LogP contribution in [0.15, 0.2) is 70.3 Å². The summed E-state index contributed by atoms with van der Waals surface area (Å²) >= 11 is 0. The molecule has 0 aliphatic heterocycles. The van der Waals surface area contributed by atoms with Gasteiger partial charge in [-0.15, -0.1) is 0 Å². The van der Waals surface area contributed by atoms with Gasteiger partial charge in [0.1, 0.15) is 0 Å². The van der Waals surface area contributed by atoms with E-state index in [1.54, 1.807) is 81.4 Å². The van der Waals surface area contributed by atoms with E-state index in [0.29, 0.717) is 11.4 Å². The minimum absolute atomic E-state index is 0.450. The van der Waals surface area contributed by atoms with Crippen LogP contribution in [-0.2, 0) is 16.6 Å². The van der Waals surface area contributed by atoms with E-state index in [-0.39, 0.29) is 0 Å². The quantitative estimate of drug-likeness (QED) is 0.655. The summed E-state index contributed by atoms with van der Waals surface area (Å²) in [5.74, 6) is -1.29. The van der Waals surface area contributed by atoms with E-state index in [9.17, 15) is 19.2 Å². The molecule has 1 atom stereocenters. The van der Waals surface area contributed by atoms with Gasteiger partial charge in [-0.2, -0.15) is 4.68 Å². The molecule has 1 unspecified atom stereocenters. The Hall–Kier alpha value is -3.68. The van der Waals surface area contributed by atoms with Crippen LogP contribution in [0.2, 0.25) is 0 Å². The summed E-state index contributed by atoms with van der Waals surface area (Å²) in [6.07, 6.45) is 0. The van der Waals surface area contributed by atoms with Gasteiger partial charge in [0.15, 0.2) is 11.8 Å². The van der Waals surface area contributed by atoms with E-state index in [0.717, 1.165) is 13.9 Å². The first kappa shape index (κ1) is 21.0. The lowest BCUT2D eigenvalue weighted by Gasteiger charge is -2.23. The first-order chi connectivity index (χ1) is 14.1. The van der Waals surface area contributed by atoms with Crippen molar-refractivity contribution in [3.63, 3.8) is 0 Å². The average molecular weight is 408 g/mol. The zero-order valence-electron chi connectivity index (χ0n) is 17.3. The van der Waals surface area contributed by atoms with Crippen molar-refractivity contribution in [2.24, 2.45) is 12.5 Å². The molecule has 0 spiro atoms. The zero-order valence-corrected chi connectivity index (χ0v) is 17.3. The predicted molar refractivity (Wildman–Crippen MR) is 114 cm³/mol. The summed E-state index contributed by atoms with van der Waals surface area (Å²) in [5, 5.41) is 2.64. The highest BCUT2D eigenvalue weighted by molar-refractivity contribution is 6.10. The highest BCUT2D eigenvalue weighted by Crippen LogP contribution is 2.23. The van der Waals surface area contributed by atoms with Gasteiger partial charge in [-0.1, -0.05) is 57.2 Å². The highest BCUT2D eigenvalue weighted by Gasteiger charge is 2.39. The van der Waals surface area contributed by atoms with E-state index in [2.05, 4.69) is 5.32 Å². The third kappa shape index (κ3) is 3.89. The Balaban J connectivity index is 2.18. The lowest BCUT2D eigenvalue weighted by molar-refractivity contribution is -0.135. The van der Waals surface area contributed by atoms with Crippen LogP contribution in [0.3, 0.4) is 0 Å². The Kier molecular flexibility index (Phi) is 5.60. The number of carbonyl (C=O) groups is 2. The number of ketones is 1. The molecular weight excluding hydrogens is 384 g/mol. The van der Waals surface area contributed by atoms with Crippen LogP contribution in [-0.4, -0.2) is 25.6 Å². The third-order valence-electron chi connectivity index (χ3n) is 4.71. The molecule has 1 heterocycles. The second-order valence-electron chi connectivity index (χ2n) is 7.98. The minimum Gasteiger partial charge on any atom is -0.324 e. The smallest absolute Gasteiger partial charge is 0.324 e. The molecule has 0 saturated carbocycles. The number of benzene rings is 2. The molecule has 1 aromatic heterocycles. The van der Waals surface area contributed by atoms with E-state index >= 15 is 0 Å². The fourth-order valence-corrected chi connectivity index (χ4v) is 3.12. The molecule has 0 saturated heterocycles. The number of anilines is 1. The summed E-state index contributed by atoms with van der Waals surface area (Å²) in [6.45, 7) is 4.92. The van der Waals surface area contributed by atoms with Gasteiger partial charge in [0.2, 0.25) is 0 Å². The molecule has 1 amide bonds. The van der Waals surface area contributed by atoms with Gasteiger partial charge in [-0.05, 0) is 24.3 Å². The first-order valence-corrected chi connectivity index (χ1v) is 9.49. The highest BCUT2D eigenvalue weighted by atomic mass is 16.2. The monoisotopic (exact) mass is 408 g/mol. The van der Waals surface area contributed by atoms with Gasteiger partial charge in [0, 0.05) is 18.2 Å². The van der Waals surface area contributed by atoms with Crippen molar-refractivity contribution in [2.45, 2.75) is 26.8 Å². The number of Topliss-reactive ketones (excluding diaryl/α,β-unsaturated/α-hetero) is 1. The molecule has 3 aromatic rings. The van der Waals surface area contributed by atoms with Crippen LogP contribution in [0.4, 0.5) is 5.69 Å². The Morgan fingerprint density at radius 1 is 0.867 bits per heavy atom. The SMILES string of the molecule is Cn1c(=O)n(C(C(=O)Nc2ccccc2)C(=O)C(C)(C)C)c(=O)n1-c1ccccc1. The van der Waals surface area contributed by atoms with Crippen LogP contribution in [0.1, 0.15) is 26.8 Å². The van der Waals surface area contributed by atoms with Gasteiger partial charge < -0.3 is 5.32 Å². The first-order valence-electron chi connectivity index (χ1n) is 9.49. The average Bonchev–Trinajstić information content (AvgIpc) is 2.92. The topological polar surface area (TPSA) is 95.1 Å². The standard InChI is InChI=1S/C22H24N4O4/c1-22(2,3)18(27)17(19(28)23-15-11-7-5-8-12-15)25-20(29)24(4)26(21(25)30)16-13-9-6-10-14-16/h5-14,17H,1-4H3,(H,23,28). The van der Waals surface area contributed by atoms with Crippen molar-refractivity contribution in [1.29, 1.82) is 0 Å². The van der Waals surface area contributed by atoms with Gasteiger partial charge in [0.05, 0.1) is 5.69 Å².